The van der Waals surface area contributed by atoms with Gasteiger partial charge >= 0.3 is 0 Å². The van der Waals surface area contributed by atoms with E-state index in [9.17, 15) is 4.79 Å². The summed E-state index contributed by atoms with van der Waals surface area (Å²) < 4.78 is 0. The third-order valence-electron chi connectivity index (χ3n) is 5.72. The molecule has 0 unspecified atom stereocenters. The number of nitrogens with zero attached hydrogens (tertiary/aromatic N) is 3. The maximum absolute atomic E-state index is 12.5. The summed E-state index contributed by atoms with van der Waals surface area (Å²) in [6.07, 6.45) is 7.23. The molecule has 0 atom stereocenters. The third-order valence-corrected chi connectivity index (χ3v) is 5.72. The summed E-state index contributed by atoms with van der Waals surface area (Å²) in [5, 5.41) is 0. The van der Waals surface area contributed by atoms with E-state index in [1.165, 1.54) is 32.1 Å². The number of rotatable bonds is 4. The van der Waals surface area contributed by atoms with Crippen molar-refractivity contribution in [1.29, 1.82) is 0 Å². The van der Waals surface area contributed by atoms with Gasteiger partial charge in [-0.3, -0.25) is 9.69 Å². The summed E-state index contributed by atoms with van der Waals surface area (Å²) in [7, 11) is 0. The standard InChI is InChI=1S/C20H28N4O/c25-20(14-16-6-2-1-3-7-16)24-12-10-23(11-13-24)15-19-21-17-8-4-5-9-18(17)22-19/h4-5,8-9,16H,1-3,6-7,10-15H2,(H,21,22). The molecule has 0 spiro atoms. The second-order valence-corrected chi connectivity index (χ2v) is 7.57. The van der Waals surface area contributed by atoms with Crippen molar-refractivity contribution in [3.05, 3.63) is 30.1 Å². The van der Waals surface area contributed by atoms with Crippen LogP contribution in [0.2, 0.25) is 0 Å². The van der Waals surface area contributed by atoms with Crippen molar-refractivity contribution < 1.29 is 4.79 Å². The van der Waals surface area contributed by atoms with Gasteiger partial charge in [0.25, 0.3) is 0 Å². The predicted octanol–water partition coefficient (Wildman–Crippen LogP) is 3.18. The third kappa shape index (κ3) is 4.03. The number of carbonyl (C=O) groups is 1. The molecule has 5 nitrogen and oxygen atoms in total. The van der Waals surface area contributed by atoms with Gasteiger partial charge < -0.3 is 9.88 Å². The fraction of sp³-hybridized carbons (Fsp3) is 0.600. The van der Waals surface area contributed by atoms with Crippen molar-refractivity contribution in [3.8, 4) is 0 Å². The number of H-pyrrole nitrogens is 1. The molecule has 2 heterocycles. The van der Waals surface area contributed by atoms with Crippen LogP contribution in [0.3, 0.4) is 0 Å². The summed E-state index contributed by atoms with van der Waals surface area (Å²) in [5.74, 6) is 2.02. The highest BCUT2D eigenvalue weighted by atomic mass is 16.2. The van der Waals surface area contributed by atoms with E-state index in [1.807, 2.05) is 18.2 Å². The Labute approximate surface area is 149 Å². The number of nitrogens with one attached hydrogen (secondary N) is 1. The van der Waals surface area contributed by atoms with E-state index in [1.54, 1.807) is 0 Å². The van der Waals surface area contributed by atoms with Gasteiger partial charge in [0, 0.05) is 32.6 Å². The van der Waals surface area contributed by atoms with Gasteiger partial charge in [-0.1, -0.05) is 31.4 Å². The summed E-state index contributed by atoms with van der Waals surface area (Å²) in [5.41, 5.74) is 2.12. The molecule has 0 bridgehead atoms. The van der Waals surface area contributed by atoms with Gasteiger partial charge in [0.2, 0.25) is 5.91 Å². The van der Waals surface area contributed by atoms with Gasteiger partial charge in [-0.15, -0.1) is 0 Å². The first-order chi connectivity index (χ1) is 12.3. The molecule has 2 aliphatic rings. The van der Waals surface area contributed by atoms with Crippen LogP contribution in [0.15, 0.2) is 24.3 Å². The van der Waals surface area contributed by atoms with E-state index in [-0.39, 0.29) is 0 Å². The van der Waals surface area contributed by atoms with Crippen LogP contribution in [-0.2, 0) is 11.3 Å². The Morgan fingerprint density at radius 1 is 1.08 bits per heavy atom. The number of hydrogen-bond donors (Lipinski definition) is 1. The molecule has 1 saturated carbocycles. The minimum Gasteiger partial charge on any atom is -0.341 e. The first kappa shape index (κ1) is 16.6. The number of piperazine rings is 1. The van der Waals surface area contributed by atoms with Crippen LogP contribution < -0.4 is 0 Å². The molecular weight excluding hydrogens is 312 g/mol. The Kier molecular flexibility index (Phi) is 5.02. The number of aromatic amines is 1. The van der Waals surface area contributed by atoms with E-state index < -0.39 is 0 Å². The Balaban J connectivity index is 1.26. The summed E-state index contributed by atoms with van der Waals surface area (Å²) in [6.45, 7) is 4.41. The van der Waals surface area contributed by atoms with Crippen LogP contribution >= 0.6 is 0 Å². The molecule has 1 aromatic carbocycles. The molecule has 1 aromatic heterocycles. The molecule has 2 fully saturated rings. The van der Waals surface area contributed by atoms with E-state index in [2.05, 4.69) is 25.8 Å². The highest BCUT2D eigenvalue weighted by Crippen LogP contribution is 2.27. The maximum Gasteiger partial charge on any atom is 0.222 e. The highest BCUT2D eigenvalue weighted by molar-refractivity contribution is 5.76. The predicted molar refractivity (Wildman–Crippen MR) is 99.1 cm³/mol. The van der Waals surface area contributed by atoms with Gasteiger partial charge in [0.05, 0.1) is 17.6 Å². The van der Waals surface area contributed by atoms with E-state index in [0.717, 1.165) is 56.0 Å². The monoisotopic (exact) mass is 340 g/mol. The average Bonchev–Trinajstić information content (AvgIpc) is 3.05. The Morgan fingerprint density at radius 3 is 2.60 bits per heavy atom. The van der Waals surface area contributed by atoms with Crippen molar-refractivity contribution in [3.63, 3.8) is 0 Å². The van der Waals surface area contributed by atoms with Crippen LogP contribution in [0.5, 0.6) is 0 Å². The van der Waals surface area contributed by atoms with Gasteiger partial charge in [-0.25, -0.2) is 4.98 Å². The number of aromatic nitrogens is 2. The maximum atomic E-state index is 12.5. The van der Waals surface area contributed by atoms with Crippen LogP contribution in [-0.4, -0.2) is 51.9 Å². The highest BCUT2D eigenvalue weighted by Gasteiger charge is 2.24. The molecular formula is C20H28N4O. The van der Waals surface area contributed by atoms with Crippen molar-refractivity contribution in [2.24, 2.45) is 5.92 Å². The molecule has 5 heteroatoms. The zero-order valence-electron chi connectivity index (χ0n) is 14.9. The number of benzene rings is 1. The second kappa shape index (κ2) is 7.56. The minimum absolute atomic E-state index is 0.371. The molecule has 1 N–H and O–H groups in total. The largest absolute Gasteiger partial charge is 0.341 e. The van der Waals surface area contributed by atoms with E-state index in [0.29, 0.717) is 11.8 Å². The molecule has 1 aliphatic carbocycles. The van der Waals surface area contributed by atoms with Crippen molar-refractivity contribution in [1.82, 2.24) is 19.8 Å². The summed E-state index contributed by atoms with van der Waals surface area (Å²) in [6, 6.07) is 8.15. The van der Waals surface area contributed by atoms with E-state index in [4.69, 9.17) is 0 Å². The first-order valence-electron chi connectivity index (χ1n) is 9.72. The van der Waals surface area contributed by atoms with Crippen LogP contribution in [0, 0.1) is 5.92 Å². The van der Waals surface area contributed by atoms with Crippen molar-refractivity contribution in [2.75, 3.05) is 26.2 Å². The number of amides is 1. The quantitative estimate of drug-likeness (QED) is 0.930. The summed E-state index contributed by atoms with van der Waals surface area (Å²) in [4.78, 5) is 25.1. The lowest BCUT2D eigenvalue weighted by Gasteiger charge is -2.35. The van der Waals surface area contributed by atoms with Crippen molar-refractivity contribution >= 4 is 16.9 Å². The number of para-hydroxylation sites is 2. The Bertz CT molecular complexity index is 678. The number of fused-ring (bicyclic) bond motifs is 1. The lowest BCUT2D eigenvalue weighted by molar-refractivity contribution is -0.134. The number of carbonyl (C=O) groups excluding carboxylic acids is 1. The molecule has 1 saturated heterocycles. The molecule has 1 aliphatic heterocycles. The normalized spacial score (nSPS) is 20.2. The lowest BCUT2D eigenvalue weighted by atomic mass is 9.86. The smallest absolute Gasteiger partial charge is 0.222 e. The summed E-state index contributed by atoms with van der Waals surface area (Å²) >= 11 is 0. The first-order valence-corrected chi connectivity index (χ1v) is 9.72. The topological polar surface area (TPSA) is 52.2 Å². The van der Waals surface area contributed by atoms with Crippen LogP contribution in [0.25, 0.3) is 11.0 Å². The molecule has 25 heavy (non-hydrogen) atoms. The van der Waals surface area contributed by atoms with Gasteiger partial charge in [-0.05, 0) is 30.9 Å². The molecule has 4 rings (SSSR count). The number of imidazole rings is 1. The zero-order valence-corrected chi connectivity index (χ0v) is 14.9. The molecule has 0 radical (unpaired) electrons. The van der Waals surface area contributed by atoms with Crippen LogP contribution in [0.1, 0.15) is 44.3 Å². The van der Waals surface area contributed by atoms with Gasteiger partial charge in [0.15, 0.2) is 0 Å². The SMILES string of the molecule is O=C(CC1CCCCC1)N1CCN(Cc2nc3ccccc3[nH]2)CC1. The van der Waals surface area contributed by atoms with Crippen LogP contribution in [0.4, 0.5) is 0 Å². The fourth-order valence-electron chi connectivity index (χ4n) is 4.22. The van der Waals surface area contributed by atoms with Gasteiger partial charge in [0.1, 0.15) is 5.82 Å². The van der Waals surface area contributed by atoms with E-state index >= 15 is 0 Å². The van der Waals surface area contributed by atoms with Gasteiger partial charge in [-0.2, -0.15) is 0 Å². The minimum atomic E-state index is 0.371. The fourth-order valence-corrected chi connectivity index (χ4v) is 4.22. The lowest BCUT2D eigenvalue weighted by Crippen LogP contribution is -2.48. The molecule has 1 amide bonds. The average molecular weight is 340 g/mol. The van der Waals surface area contributed by atoms with Crippen molar-refractivity contribution in [2.45, 2.75) is 45.1 Å². The Hall–Kier alpha value is -1.88. The zero-order chi connectivity index (χ0) is 17.1. The Morgan fingerprint density at radius 2 is 1.84 bits per heavy atom. The second-order valence-electron chi connectivity index (χ2n) is 7.57. The number of hydrogen-bond acceptors (Lipinski definition) is 3. The molecule has 134 valence electrons. The molecule has 2 aromatic rings.